The van der Waals surface area contributed by atoms with E-state index >= 15 is 0 Å². The summed E-state index contributed by atoms with van der Waals surface area (Å²) >= 11 is 0. The van der Waals surface area contributed by atoms with Crippen molar-refractivity contribution in [2.24, 2.45) is 0 Å². The van der Waals surface area contributed by atoms with E-state index < -0.39 is 5.60 Å². The third kappa shape index (κ3) is 5.03. The largest absolute Gasteiger partial charge is 0.461 e. The van der Waals surface area contributed by atoms with Gasteiger partial charge in [0, 0.05) is 30.1 Å². The van der Waals surface area contributed by atoms with Gasteiger partial charge in [-0.1, -0.05) is 6.07 Å². The maximum Gasteiger partial charge on any atom is 0.410 e. The summed E-state index contributed by atoms with van der Waals surface area (Å²) < 4.78 is 13.3. The number of furan rings is 1. The highest BCUT2D eigenvalue weighted by atomic mass is 16.6. The van der Waals surface area contributed by atoms with Crippen molar-refractivity contribution in [1.82, 2.24) is 24.8 Å². The molecule has 0 atom stereocenters. The summed E-state index contributed by atoms with van der Waals surface area (Å²) in [4.78, 5) is 31.9. The molecule has 0 unspecified atom stereocenters. The topological polar surface area (TPSA) is 102 Å². The summed E-state index contributed by atoms with van der Waals surface area (Å²) in [5.41, 5.74) is 4.93. The van der Waals surface area contributed by atoms with Crippen LogP contribution in [0, 0.1) is 20.8 Å². The molecule has 1 aliphatic rings. The van der Waals surface area contributed by atoms with Gasteiger partial charge in [0.25, 0.3) is 5.91 Å². The standard InChI is InChI=1S/C28H33N5O4/c1-16-13-23(31-33-15-17(2)29-25(16)33)20-7-8-21(24-22(20)14-18(3)36-24)26(34)30-19-9-11-32(12-10-19)27(35)37-28(4,5)6/h7-8,13-15,19H,9-12H2,1-6H3,(H,30,34). The fourth-order valence-corrected chi connectivity index (χ4v) is 4.82. The summed E-state index contributed by atoms with van der Waals surface area (Å²) in [6.07, 6.45) is 2.92. The molecule has 3 aromatic heterocycles. The van der Waals surface area contributed by atoms with Crippen molar-refractivity contribution in [3.8, 4) is 11.3 Å². The Bertz CT molecular complexity index is 1500. The third-order valence-electron chi connectivity index (χ3n) is 6.54. The summed E-state index contributed by atoms with van der Waals surface area (Å²) in [6, 6.07) is 7.65. The molecule has 4 heterocycles. The van der Waals surface area contributed by atoms with Crippen LogP contribution in [0.5, 0.6) is 0 Å². The van der Waals surface area contributed by atoms with Crippen molar-refractivity contribution in [2.45, 2.75) is 66.0 Å². The van der Waals surface area contributed by atoms with Crippen LogP contribution in [0.2, 0.25) is 0 Å². The number of amides is 2. The van der Waals surface area contributed by atoms with Crippen molar-refractivity contribution < 1.29 is 18.7 Å². The summed E-state index contributed by atoms with van der Waals surface area (Å²) in [6.45, 7) is 12.5. The van der Waals surface area contributed by atoms with Crippen LogP contribution >= 0.6 is 0 Å². The Hall–Kier alpha value is -3.88. The lowest BCUT2D eigenvalue weighted by Crippen LogP contribution is -2.47. The van der Waals surface area contributed by atoms with E-state index in [2.05, 4.69) is 10.3 Å². The molecule has 1 fully saturated rings. The van der Waals surface area contributed by atoms with Crippen LogP contribution in [-0.2, 0) is 4.74 Å². The van der Waals surface area contributed by atoms with Crippen molar-refractivity contribution in [3.63, 3.8) is 0 Å². The van der Waals surface area contributed by atoms with Gasteiger partial charge in [-0.25, -0.2) is 14.3 Å². The van der Waals surface area contributed by atoms with Gasteiger partial charge in [0.1, 0.15) is 16.9 Å². The molecule has 4 aromatic rings. The summed E-state index contributed by atoms with van der Waals surface area (Å²) in [7, 11) is 0. The minimum Gasteiger partial charge on any atom is -0.461 e. The molecule has 9 nitrogen and oxygen atoms in total. The minimum absolute atomic E-state index is 0.0341. The molecule has 9 heteroatoms. The van der Waals surface area contributed by atoms with Gasteiger partial charge in [0.15, 0.2) is 5.65 Å². The van der Waals surface area contributed by atoms with Gasteiger partial charge in [-0.3, -0.25) is 4.79 Å². The second-order valence-electron chi connectivity index (χ2n) is 10.8. The van der Waals surface area contributed by atoms with E-state index in [-0.39, 0.29) is 18.0 Å². The first kappa shape index (κ1) is 24.8. The van der Waals surface area contributed by atoms with Crippen LogP contribution < -0.4 is 5.32 Å². The van der Waals surface area contributed by atoms with E-state index in [1.165, 1.54) is 0 Å². The monoisotopic (exact) mass is 503 g/mol. The SMILES string of the molecule is Cc1cn2nc(-c3ccc(C(=O)NC4CCN(C(=O)OC(C)(C)C)CC4)c4oc(C)cc34)cc(C)c2n1. The lowest BCUT2D eigenvalue weighted by Gasteiger charge is -2.33. The number of aryl methyl sites for hydroxylation is 3. The average molecular weight is 504 g/mol. The van der Waals surface area contributed by atoms with Crippen LogP contribution in [0.1, 0.15) is 61.0 Å². The molecule has 1 N–H and O–H groups in total. The van der Waals surface area contributed by atoms with Crippen molar-refractivity contribution >= 4 is 28.6 Å². The van der Waals surface area contributed by atoms with Gasteiger partial charge in [0.05, 0.1) is 23.1 Å². The number of hydrogen-bond donors (Lipinski definition) is 1. The fourth-order valence-electron chi connectivity index (χ4n) is 4.82. The third-order valence-corrected chi connectivity index (χ3v) is 6.54. The van der Waals surface area contributed by atoms with Crippen molar-refractivity contribution in [3.05, 3.63) is 53.0 Å². The van der Waals surface area contributed by atoms with E-state index in [0.717, 1.165) is 39.3 Å². The molecule has 0 bridgehead atoms. The lowest BCUT2D eigenvalue weighted by atomic mass is 10.0. The Morgan fingerprint density at radius 2 is 1.84 bits per heavy atom. The molecule has 5 rings (SSSR count). The van der Waals surface area contributed by atoms with Gasteiger partial charge in [-0.15, -0.1) is 0 Å². The van der Waals surface area contributed by atoms with Gasteiger partial charge in [-0.05, 0) is 78.1 Å². The Kier molecular flexibility index (Phi) is 6.17. The first-order chi connectivity index (χ1) is 17.5. The number of imidazole rings is 1. The zero-order valence-electron chi connectivity index (χ0n) is 22.2. The van der Waals surface area contributed by atoms with E-state index in [4.69, 9.17) is 14.3 Å². The minimum atomic E-state index is -0.529. The predicted molar refractivity (Wildman–Crippen MR) is 141 cm³/mol. The lowest BCUT2D eigenvalue weighted by molar-refractivity contribution is 0.0199. The number of piperidine rings is 1. The predicted octanol–water partition coefficient (Wildman–Crippen LogP) is 5.20. The van der Waals surface area contributed by atoms with E-state index in [1.54, 1.807) is 15.5 Å². The van der Waals surface area contributed by atoms with Crippen LogP contribution in [-0.4, -0.2) is 56.2 Å². The highest BCUT2D eigenvalue weighted by Crippen LogP contribution is 2.33. The number of benzene rings is 1. The zero-order chi connectivity index (χ0) is 26.5. The quantitative estimate of drug-likeness (QED) is 0.412. The van der Waals surface area contributed by atoms with Gasteiger partial charge >= 0.3 is 6.09 Å². The highest BCUT2D eigenvalue weighted by Gasteiger charge is 2.28. The molecule has 1 aliphatic heterocycles. The second kappa shape index (κ2) is 9.21. The maximum absolute atomic E-state index is 13.3. The van der Waals surface area contributed by atoms with Crippen LogP contribution in [0.3, 0.4) is 0 Å². The normalized spacial score (nSPS) is 14.9. The molecule has 0 spiro atoms. The number of likely N-dealkylation sites (tertiary alicyclic amines) is 1. The van der Waals surface area contributed by atoms with Crippen LogP contribution in [0.4, 0.5) is 4.79 Å². The molecule has 1 saturated heterocycles. The molecule has 37 heavy (non-hydrogen) atoms. The molecular weight excluding hydrogens is 470 g/mol. The molecule has 194 valence electrons. The van der Waals surface area contributed by atoms with Crippen LogP contribution in [0.25, 0.3) is 27.9 Å². The van der Waals surface area contributed by atoms with E-state index in [0.29, 0.717) is 37.1 Å². The number of fused-ring (bicyclic) bond motifs is 2. The van der Waals surface area contributed by atoms with Crippen LogP contribution in [0.15, 0.2) is 34.9 Å². The zero-order valence-corrected chi connectivity index (χ0v) is 22.2. The number of aromatic nitrogens is 3. The molecule has 1 aromatic carbocycles. The second-order valence-corrected chi connectivity index (χ2v) is 10.8. The number of hydrogen-bond acceptors (Lipinski definition) is 6. The van der Waals surface area contributed by atoms with Gasteiger partial charge in [0.2, 0.25) is 0 Å². The smallest absolute Gasteiger partial charge is 0.410 e. The fraction of sp³-hybridized carbons (Fsp3) is 0.429. The van der Waals surface area contributed by atoms with Crippen molar-refractivity contribution in [2.75, 3.05) is 13.1 Å². The molecule has 2 amide bonds. The number of nitrogens with one attached hydrogen (secondary N) is 1. The number of ether oxygens (including phenoxy) is 1. The number of rotatable bonds is 3. The van der Waals surface area contributed by atoms with Crippen molar-refractivity contribution in [1.29, 1.82) is 0 Å². The highest BCUT2D eigenvalue weighted by molar-refractivity contribution is 6.08. The molecule has 0 saturated carbocycles. The number of nitrogens with zero attached hydrogens (tertiary/aromatic N) is 4. The van der Waals surface area contributed by atoms with Gasteiger partial charge in [-0.2, -0.15) is 5.10 Å². The maximum atomic E-state index is 13.3. The number of carbonyl (C=O) groups is 2. The summed E-state index contributed by atoms with van der Waals surface area (Å²) in [5.74, 6) is 0.532. The Morgan fingerprint density at radius 1 is 1.11 bits per heavy atom. The van der Waals surface area contributed by atoms with Gasteiger partial charge < -0.3 is 19.4 Å². The molecule has 0 radical (unpaired) electrons. The first-order valence-electron chi connectivity index (χ1n) is 12.6. The Balaban J connectivity index is 1.36. The van der Waals surface area contributed by atoms with E-state index in [9.17, 15) is 9.59 Å². The average Bonchev–Trinajstić information content (AvgIpc) is 3.39. The Morgan fingerprint density at radius 3 is 2.54 bits per heavy atom. The van der Waals surface area contributed by atoms with E-state index in [1.807, 2.05) is 65.9 Å². The first-order valence-corrected chi connectivity index (χ1v) is 12.6. The molecule has 0 aliphatic carbocycles. The Labute approximate surface area is 215 Å². The summed E-state index contributed by atoms with van der Waals surface area (Å²) in [5, 5.41) is 8.74. The molecular formula is C28H33N5O4. The number of carbonyl (C=O) groups excluding carboxylic acids is 2.